The van der Waals surface area contributed by atoms with E-state index in [1.54, 1.807) is 24.1 Å². The van der Waals surface area contributed by atoms with Gasteiger partial charge in [0.2, 0.25) is 0 Å². The molecule has 4 aromatic rings. The number of fused-ring (bicyclic) bond motifs is 1. The Morgan fingerprint density at radius 1 is 1.00 bits per heavy atom. The highest BCUT2D eigenvalue weighted by molar-refractivity contribution is 5.91. The number of benzene rings is 1. The smallest absolute Gasteiger partial charge is 0.355 e. The quantitative estimate of drug-likeness (QED) is 0.173. The van der Waals surface area contributed by atoms with Crippen LogP contribution >= 0.6 is 0 Å². The predicted molar refractivity (Wildman–Crippen MR) is 136 cm³/mol. The normalized spacial score (nSPS) is 14.0. The van der Waals surface area contributed by atoms with Crippen LogP contribution in [0.4, 0.5) is 33.5 Å². The third-order valence-electron chi connectivity index (χ3n) is 6.68. The topological polar surface area (TPSA) is 102 Å². The summed E-state index contributed by atoms with van der Waals surface area (Å²) in [6, 6.07) is 2.62. The molecule has 1 aromatic carbocycles. The van der Waals surface area contributed by atoms with Gasteiger partial charge in [0.25, 0.3) is 0 Å². The van der Waals surface area contributed by atoms with Gasteiger partial charge in [0.1, 0.15) is 11.5 Å². The van der Waals surface area contributed by atoms with E-state index in [1.165, 1.54) is 0 Å². The minimum Gasteiger partial charge on any atom is -0.396 e. The van der Waals surface area contributed by atoms with Gasteiger partial charge in [-0.1, -0.05) is 13.8 Å². The third kappa shape index (κ3) is 4.26. The molecule has 0 bridgehead atoms. The molecule has 1 aliphatic rings. The molecule has 13 heteroatoms. The number of nitrogen functional groups attached to an aromatic ring is 1. The largest absolute Gasteiger partial charge is 0.396 e. The van der Waals surface area contributed by atoms with E-state index in [-0.39, 0.29) is 22.8 Å². The fraction of sp³-hybridized carbons (Fsp3) is 0.308. The van der Waals surface area contributed by atoms with E-state index in [0.29, 0.717) is 43.1 Å². The summed E-state index contributed by atoms with van der Waals surface area (Å²) in [6.07, 6.45) is 1.57. The molecule has 0 atom stereocenters. The first-order valence-electron chi connectivity index (χ1n) is 12.2. The molecule has 3 N–H and O–H groups in total. The van der Waals surface area contributed by atoms with Crippen LogP contribution in [0.25, 0.3) is 28.0 Å². The Morgan fingerprint density at radius 2 is 1.67 bits per heavy atom. The summed E-state index contributed by atoms with van der Waals surface area (Å²) in [5.74, 6) is -9.33. The van der Waals surface area contributed by atoms with E-state index in [4.69, 9.17) is 5.73 Å². The molecule has 0 aliphatic carbocycles. The van der Waals surface area contributed by atoms with Gasteiger partial charge in [-0.2, -0.15) is 4.98 Å². The molecular weight excluding hydrogens is 521 g/mol. The Bertz CT molecular complexity index is 1650. The molecule has 39 heavy (non-hydrogen) atoms. The highest BCUT2D eigenvalue weighted by Gasteiger charge is 2.30. The lowest BCUT2D eigenvalue weighted by Gasteiger charge is -2.29. The van der Waals surface area contributed by atoms with Crippen molar-refractivity contribution in [3.05, 3.63) is 69.2 Å². The van der Waals surface area contributed by atoms with E-state index in [9.17, 15) is 22.4 Å². The number of piperazine rings is 1. The highest BCUT2D eigenvalue weighted by atomic mass is 19.2. The van der Waals surface area contributed by atoms with Crippen molar-refractivity contribution in [2.75, 3.05) is 36.8 Å². The van der Waals surface area contributed by atoms with Crippen LogP contribution in [0.3, 0.4) is 0 Å². The molecule has 0 saturated carbocycles. The molecule has 0 spiro atoms. The van der Waals surface area contributed by atoms with Crippen LogP contribution in [0.2, 0.25) is 0 Å². The summed E-state index contributed by atoms with van der Waals surface area (Å²) in [7, 11) is 0. The van der Waals surface area contributed by atoms with Crippen molar-refractivity contribution in [1.82, 2.24) is 24.8 Å². The maximum atomic E-state index is 15.6. The molecule has 0 amide bonds. The molecule has 1 aliphatic heterocycles. The molecule has 0 radical (unpaired) electrons. The van der Waals surface area contributed by atoms with Crippen molar-refractivity contribution in [3.8, 4) is 16.9 Å². The Balaban J connectivity index is 1.94. The lowest BCUT2D eigenvalue weighted by Crippen LogP contribution is -2.45. The summed E-state index contributed by atoms with van der Waals surface area (Å²) in [5, 5.41) is 3.27. The number of anilines is 2. The van der Waals surface area contributed by atoms with Gasteiger partial charge < -0.3 is 16.0 Å². The standard InChI is InChI=1S/C26H24F5N7O/c1-11(2)21-23(12(3)4-5-34-21)38-25-13(24(36-26(38)39)37-8-6-33-7-9-37)10-14(27)22(35-25)15-16(28)17(29)18(30)19(31)20(15)32/h4-5,10-11,33H,6-9,32H2,1-3H3. The summed E-state index contributed by atoms with van der Waals surface area (Å²) in [4.78, 5) is 28.3. The Hall–Kier alpha value is -4.13. The van der Waals surface area contributed by atoms with Gasteiger partial charge in [-0.3, -0.25) is 4.98 Å². The summed E-state index contributed by atoms with van der Waals surface area (Å²) < 4.78 is 74.0. The molecule has 204 valence electrons. The van der Waals surface area contributed by atoms with Crippen LogP contribution in [0.5, 0.6) is 0 Å². The number of nitrogens with one attached hydrogen (secondary N) is 1. The number of halogens is 5. The SMILES string of the molecule is Cc1ccnc(C(C)C)c1-n1c(=O)nc(N2CCNCC2)c2cc(F)c(-c3c(N)c(F)c(F)c(F)c3F)nc21. The lowest BCUT2D eigenvalue weighted by atomic mass is 10.0. The van der Waals surface area contributed by atoms with Gasteiger partial charge in [-0.25, -0.2) is 36.3 Å². The maximum Gasteiger partial charge on any atom is 0.355 e. The molecule has 1 fully saturated rings. The molecule has 8 nitrogen and oxygen atoms in total. The van der Waals surface area contributed by atoms with E-state index >= 15 is 4.39 Å². The first-order valence-corrected chi connectivity index (χ1v) is 12.2. The monoisotopic (exact) mass is 545 g/mol. The van der Waals surface area contributed by atoms with Gasteiger partial charge in [0.05, 0.1) is 28.0 Å². The predicted octanol–water partition coefficient (Wildman–Crippen LogP) is 3.96. The molecule has 5 rings (SSSR count). The second kappa shape index (κ2) is 9.88. The third-order valence-corrected chi connectivity index (χ3v) is 6.68. The van der Waals surface area contributed by atoms with Crippen LogP contribution in [-0.4, -0.2) is 45.7 Å². The number of aryl methyl sites for hydroxylation is 1. The first-order chi connectivity index (χ1) is 18.5. The molecule has 1 saturated heterocycles. The molecule has 4 heterocycles. The van der Waals surface area contributed by atoms with Gasteiger partial charge in [0.15, 0.2) is 34.7 Å². The van der Waals surface area contributed by atoms with Crippen molar-refractivity contribution in [3.63, 3.8) is 0 Å². The van der Waals surface area contributed by atoms with Crippen molar-refractivity contribution in [2.45, 2.75) is 26.7 Å². The van der Waals surface area contributed by atoms with Gasteiger partial charge in [-0.15, -0.1) is 0 Å². The van der Waals surface area contributed by atoms with E-state index in [2.05, 4.69) is 20.3 Å². The second-order valence-corrected chi connectivity index (χ2v) is 9.54. The number of nitrogens with two attached hydrogens (primary N) is 1. The number of aromatic nitrogens is 4. The van der Waals surface area contributed by atoms with Gasteiger partial charge in [0, 0.05) is 32.4 Å². The van der Waals surface area contributed by atoms with Gasteiger partial charge in [-0.05, 0) is 30.5 Å². The molecular formula is C26H24F5N7O. The zero-order valence-corrected chi connectivity index (χ0v) is 21.2. The van der Waals surface area contributed by atoms with E-state index < -0.39 is 51.7 Å². The summed E-state index contributed by atoms with van der Waals surface area (Å²) in [6.45, 7) is 7.52. The lowest BCUT2D eigenvalue weighted by molar-refractivity contribution is 0.412. The zero-order valence-electron chi connectivity index (χ0n) is 21.2. The van der Waals surface area contributed by atoms with Crippen molar-refractivity contribution < 1.29 is 22.0 Å². The van der Waals surface area contributed by atoms with Crippen molar-refractivity contribution >= 4 is 22.5 Å². The molecule has 0 unspecified atom stereocenters. The van der Waals surface area contributed by atoms with E-state index in [0.717, 1.165) is 10.6 Å². The van der Waals surface area contributed by atoms with Crippen LogP contribution in [0, 0.1) is 36.0 Å². The fourth-order valence-electron chi connectivity index (χ4n) is 4.77. The van der Waals surface area contributed by atoms with Crippen LogP contribution in [-0.2, 0) is 0 Å². The van der Waals surface area contributed by atoms with Crippen LogP contribution < -0.4 is 21.6 Å². The van der Waals surface area contributed by atoms with E-state index in [1.807, 2.05) is 13.8 Å². The number of rotatable bonds is 4. The minimum atomic E-state index is -2.17. The summed E-state index contributed by atoms with van der Waals surface area (Å²) >= 11 is 0. The first kappa shape index (κ1) is 26.5. The Labute approximate surface area is 219 Å². The maximum absolute atomic E-state index is 15.6. The Kier molecular flexibility index (Phi) is 6.70. The van der Waals surface area contributed by atoms with Crippen LogP contribution in [0.1, 0.15) is 31.0 Å². The van der Waals surface area contributed by atoms with Crippen molar-refractivity contribution in [2.24, 2.45) is 0 Å². The zero-order chi connectivity index (χ0) is 28.2. The number of nitrogens with zero attached hydrogens (tertiary/aromatic N) is 5. The average Bonchev–Trinajstić information content (AvgIpc) is 2.92. The Morgan fingerprint density at radius 3 is 2.33 bits per heavy atom. The molecule has 3 aromatic heterocycles. The average molecular weight is 546 g/mol. The minimum absolute atomic E-state index is 0.0951. The summed E-state index contributed by atoms with van der Waals surface area (Å²) in [5.41, 5.74) is 2.93. The number of hydrogen-bond donors (Lipinski definition) is 2. The fourth-order valence-corrected chi connectivity index (χ4v) is 4.77. The number of hydrogen-bond acceptors (Lipinski definition) is 7. The second-order valence-electron chi connectivity index (χ2n) is 9.54. The van der Waals surface area contributed by atoms with Gasteiger partial charge >= 0.3 is 5.69 Å². The van der Waals surface area contributed by atoms with Crippen LogP contribution in [0.15, 0.2) is 23.1 Å². The highest BCUT2D eigenvalue weighted by Crippen LogP contribution is 2.37. The number of pyridine rings is 2. The van der Waals surface area contributed by atoms with Crippen molar-refractivity contribution in [1.29, 1.82) is 0 Å².